The van der Waals surface area contributed by atoms with E-state index in [0.717, 1.165) is 45.1 Å². The van der Waals surface area contributed by atoms with Crippen LogP contribution in [-0.2, 0) is 13.6 Å². The van der Waals surface area contributed by atoms with Gasteiger partial charge in [-0.1, -0.05) is 5.21 Å². The number of nitrogens with one attached hydrogen (secondary N) is 1. The van der Waals surface area contributed by atoms with Crippen LogP contribution in [0.3, 0.4) is 0 Å². The number of carbonyl (C=O) groups excluding carboxylic acids is 2. The molecule has 1 aliphatic heterocycles. The van der Waals surface area contributed by atoms with E-state index in [4.69, 9.17) is 0 Å². The van der Waals surface area contributed by atoms with E-state index in [2.05, 4.69) is 20.7 Å². The van der Waals surface area contributed by atoms with Crippen LogP contribution in [0.1, 0.15) is 59.4 Å². The maximum atomic E-state index is 12.8. The molecule has 144 valence electrons. The lowest BCUT2D eigenvalue weighted by molar-refractivity contribution is 0.0593. The number of aryl methyl sites for hydroxylation is 2. The first-order chi connectivity index (χ1) is 13.1. The Balaban J connectivity index is 1.36. The number of likely N-dealkylation sites (tertiary alicyclic amines) is 1. The Kier molecular flexibility index (Phi) is 4.91. The second-order valence-electron chi connectivity index (χ2n) is 7.45. The van der Waals surface area contributed by atoms with Crippen LogP contribution in [0.2, 0.25) is 0 Å². The van der Waals surface area contributed by atoms with E-state index in [1.54, 1.807) is 28.0 Å². The topological polar surface area (TPSA) is 97.9 Å². The van der Waals surface area contributed by atoms with Crippen LogP contribution in [0.5, 0.6) is 0 Å². The van der Waals surface area contributed by atoms with Crippen LogP contribution in [0, 0.1) is 0 Å². The molecule has 4 rings (SSSR count). The molecular formula is C18H25N7O2. The molecule has 2 aromatic rings. The summed E-state index contributed by atoms with van der Waals surface area (Å²) in [6, 6.07) is 0.469. The highest BCUT2D eigenvalue weighted by molar-refractivity contribution is 5.94. The van der Waals surface area contributed by atoms with Crippen LogP contribution in [0.4, 0.5) is 0 Å². The van der Waals surface area contributed by atoms with Gasteiger partial charge in [-0.3, -0.25) is 19.0 Å². The van der Waals surface area contributed by atoms with Crippen molar-refractivity contribution in [3.8, 4) is 0 Å². The summed E-state index contributed by atoms with van der Waals surface area (Å²) in [6.45, 7) is 1.40. The van der Waals surface area contributed by atoms with Gasteiger partial charge in [0.2, 0.25) is 0 Å². The van der Waals surface area contributed by atoms with E-state index in [9.17, 15) is 9.59 Å². The summed E-state index contributed by atoms with van der Waals surface area (Å²) in [7, 11) is 1.81. The van der Waals surface area contributed by atoms with E-state index in [0.29, 0.717) is 23.8 Å². The van der Waals surface area contributed by atoms with Crippen molar-refractivity contribution >= 4 is 11.8 Å². The van der Waals surface area contributed by atoms with E-state index >= 15 is 0 Å². The monoisotopic (exact) mass is 371 g/mol. The second-order valence-corrected chi connectivity index (χ2v) is 7.45. The molecule has 1 atom stereocenters. The Morgan fingerprint density at radius 1 is 1.22 bits per heavy atom. The number of amides is 2. The Labute approximate surface area is 157 Å². The first-order valence-electron chi connectivity index (χ1n) is 9.61. The molecule has 3 heterocycles. The minimum Gasteiger partial charge on any atom is -0.348 e. The normalized spacial score (nSPS) is 19.9. The third-order valence-corrected chi connectivity index (χ3v) is 5.22. The highest BCUT2D eigenvalue weighted by Crippen LogP contribution is 2.22. The summed E-state index contributed by atoms with van der Waals surface area (Å²) in [5.41, 5.74) is 0.984. The van der Waals surface area contributed by atoms with Gasteiger partial charge >= 0.3 is 0 Å². The summed E-state index contributed by atoms with van der Waals surface area (Å²) >= 11 is 0. The SMILES string of the molecule is Cn1cc(C(=O)N2CCCCC2CCn2cc(C(=O)NC3CC3)nn2)cn1. The molecule has 2 aromatic heterocycles. The van der Waals surface area contributed by atoms with Gasteiger partial charge < -0.3 is 10.2 Å². The molecule has 0 spiro atoms. The standard InChI is InChI=1S/C18H25N7O2/c1-23-11-13(10-19-23)18(27)25-8-3-2-4-15(25)7-9-24-12-16(21-22-24)17(26)20-14-5-6-14/h10-12,14-15H,2-9H2,1H3,(H,20,26). The number of hydrogen-bond acceptors (Lipinski definition) is 5. The average molecular weight is 371 g/mol. The molecule has 0 aromatic carbocycles. The zero-order valence-electron chi connectivity index (χ0n) is 15.5. The lowest BCUT2D eigenvalue weighted by atomic mass is 9.98. The van der Waals surface area contributed by atoms with Crippen LogP contribution in [0.15, 0.2) is 18.6 Å². The maximum absolute atomic E-state index is 12.8. The molecule has 2 amide bonds. The van der Waals surface area contributed by atoms with Crippen molar-refractivity contribution in [1.82, 2.24) is 35.0 Å². The van der Waals surface area contributed by atoms with Gasteiger partial charge in [0.15, 0.2) is 5.69 Å². The number of hydrogen-bond donors (Lipinski definition) is 1. The molecule has 1 saturated carbocycles. The fraction of sp³-hybridized carbons (Fsp3) is 0.611. The van der Waals surface area contributed by atoms with Crippen molar-refractivity contribution in [3.63, 3.8) is 0 Å². The highest BCUT2D eigenvalue weighted by atomic mass is 16.2. The summed E-state index contributed by atoms with van der Waals surface area (Å²) in [5.74, 6) is -0.120. The van der Waals surface area contributed by atoms with E-state index < -0.39 is 0 Å². The summed E-state index contributed by atoms with van der Waals surface area (Å²) in [6.07, 6.45) is 11.1. The van der Waals surface area contributed by atoms with Crippen molar-refractivity contribution < 1.29 is 9.59 Å². The van der Waals surface area contributed by atoms with Crippen molar-refractivity contribution in [1.29, 1.82) is 0 Å². The largest absolute Gasteiger partial charge is 0.348 e. The van der Waals surface area contributed by atoms with Gasteiger partial charge in [-0.2, -0.15) is 5.10 Å². The maximum Gasteiger partial charge on any atom is 0.273 e. The number of carbonyl (C=O) groups is 2. The van der Waals surface area contributed by atoms with Crippen molar-refractivity contribution in [2.45, 2.75) is 57.2 Å². The third-order valence-electron chi connectivity index (χ3n) is 5.22. The Bertz CT molecular complexity index is 823. The van der Waals surface area contributed by atoms with E-state index in [-0.39, 0.29) is 17.9 Å². The van der Waals surface area contributed by atoms with E-state index in [1.807, 2.05) is 11.9 Å². The molecule has 27 heavy (non-hydrogen) atoms. The van der Waals surface area contributed by atoms with Crippen molar-refractivity contribution in [2.24, 2.45) is 7.05 Å². The molecule has 9 heteroatoms. The Hall–Kier alpha value is -2.71. The van der Waals surface area contributed by atoms with Gasteiger partial charge in [-0.25, -0.2) is 0 Å². The summed E-state index contributed by atoms with van der Waals surface area (Å²) in [5, 5.41) is 15.1. The molecule has 9 nitrogen and oxygen atoms in total. The minimum absolute atomic E-state index is 0.0379. The molecule has 1 aliphatic carbocycles. The third kappa shape index (κ3) is 4.17. The molecule has 0 bridgehead atoms. The molecular weight excluding hydrogens is 346 g/mol. The smallest absolute Gasteiger partial charge is 0.273 e. The van der Waals surface area contributed by atoms with Crippen LogP contribution in [0.25, 0.3) is 0 Å². The second kappa shape index (κ2) is 7.50. The van der Waals surface area contributed by atoms with Gasteiger partial charge in [0.25, 0.3) is 11.8 Å². The van der Waals surface area contributed by atoms with Gasteiger partial charge in [0, 0.05) is 38.4 Å². The van der Waals surface area contributed by atoms with Gasteiger partial charge in [-0.05, 0) is 38.5 Å². The molecule has 1 unspecified atom stereocenters. The first kappa shape index (κ1) is 17.7. The molecule has 1 saturated heterocycles. The predicted octanol–water partition coefficient (Wildman–Crippen LogP) is 0.989. The lowest BCUT2D eigenvalue weighted by Crippen LogP contribution is -2.44. The lowest BCUT2D eigenvalue weighted by Gasteiger charge is -2.35. The molecule has 1 N–H and O–H groups in total. The van der Waals surface area contributed by atoms with Crippen LogP contribution in [-0.4, -0.2) is 60.1 Å². The predicted molar refractivity (Wildman–Crippen MR) is 97.0 cm³/mol. The summed E-state index contributed by atoms with van der Waals surface area (Å²) in [4.78, 5) is 26.8. The number of rotatable bonds is 6. The van der Waals surface area contributed by atoms with Crippen molar-refractivity contribution in [2.75, 3.05) is 6.54 Å². The van der Waals surface area contributed by atoms with Crippen molar-refractivity contribution in [3.05, 3.63) is 29.8 Å². The van der Waals surface area contributed by atoms with Gasteiger partial charge in [0.05, 0.1) is 18.0 Å². The highest BCUT2D eigenvalue weighted by Gasteiger charge is 2.28. The number of aromatic nitrogens is 5. The van der Waals surface area contributed by atoms with Crippen LogP contribution < -0.4 is 5.32 Å². The molecule has 2 aliphatic rings. The summed E-state index contributed by atoms with van der Waals surface area (Å²) < 4.78 is 3.35. The zero-order valence-corrected chi connectivity index (χ0v) is 15.5. The average Bonchev–Trinajstić information content (AvgIpc) is 3.18. The Morgan fingerprint density at radius 2 is 2.07 bits per heavy atom. The fourth-order valence-corrected chi connectivity index (χ4v) is 3.55. The molecule has 0 radical (unpaired) electrons. The fourth-order valence-electron chi connectivity index (χ4n) is 3.55. The zero-order chi connectivity index (χ0) is 18.8. The first-order valence-corrected chi connectivity index (χ1v) is 9.61. The van der Waals surface area contributed by atoms with Crippen LogP contribution >= 0.6 is 0 Å². The minimum atomic E-state index is -0.158. The number of nitrogens with zero attached hydrogens (tertiary/aromatic N) is 6. The number of piperidine rings is 1. The van der Waals surface area contributed by atoms with E-state index in [1.165, 1.54) is 0 Å². The quantitative estimate of drug-likeness (QED) is 0.816. The van der Waals surface area contributed by atoms with Gasteiger partial charge in [-0.15, -0.1) is 5.10 Å². The molecule has 2 fully saturated rings. The van der Waals surface area contributed by atoms with Gasteiger partial charge in [0.1, 0.15) is 0 Å². The Morgan fingerprint density at radius 3 is 2.81 bits per heavy atom.